The van der Waals surface area contributed by atoms with Gasteiger partial charge in [-0.1, -0.05) is 11.6 Å². The molecule has 6 heteroatoms. The van der Waals surface area contributed by atoms with Crippen LogP contribution in [0.5, 0.6) is 0 Å². The number of benzene rings is 1. The molecule has 106 valence electrons. The number of nitrogens with two attached hydrogens (primary N) is 1. The van der Waals surface area contributed by atoms with E-state index in [1.54, 1.807) is 16.7 Å². The van der Waals surface area contributed by atoms with E-state index in [0.717, 1.165) is 37.0 Å². The zero-order valence-electron chi connectivity index (χ0n) is 11.2. The van der Waals surface area contributed by atoms with Crippen LogP contribution in [0.1, 0.15) is 19.3 Å². The smallest absolute Gasteiger partial charge is 0.242 e. The molecule has 0 atom stereocenters. The Balaban J connectivity index is 1.88. The maximum atomic E-state index is 12.3. The van der Waals surface area contributed by atoms with Crippen molar-refractivity contribution in [3.05, 3.63) is 23.2 Å². The summed E-state index contributed by atoms with van der Waals surface area (Å²) in [6, 6.07) is 5.38. The summed E-state index contributed by atoms with van der Waals surface area (Å²) >= 11 is 6.01. The predicted molar refractivity (Wildman–Crippen MR) is 79.6 cm³/mol. The molecule has 1 amide bonds. The quantitative estimate of drug-likeness (QED) is 0.923. The monoisotopic (exact) mass is 292 g/mol. The Morgan fingerprint density at radius 2 is 2.05 bits per heavy atom. The van der Waals surface area contributed by atoms with Crippen LogP contribution in [0.3, 0.4) is 0 Å². The molecule has 3 rings (SSSR count). The summed E-state index contributed by atoms with van der Waals surface area (Å²) in [4.78, 5) is 18.5. The number of carbonyl (C=O) groups excluding carboxylic acids is 1. The van der Waals surface area contributed by atoms with Gasteiger partial charge in [-0.2, -0.15) is 0 Å². The Hall–Kier alpha value is -1.75. The molecule has 2 aromatic rings. The lowest BCUT2D eigenvalue weighted by molar-refractivity contribution is -0.132. The fraction of sp³-hybridized carbons (Fsp3) is 0.429. The third-order valence-electron chi connectivity index (χ3n) is 3.74. The second kappa shape index (κ2) is 5.32. The lowest BCUT2D eigenvalue weighted by Gasteiger charge is -2.27. The molecule has 2 heterocycles. The Labute approximate surface area is 122 Å². The lowest BCUT2D eigenvalue weighted by Crippen LogP contribution is -2.37. The maximum absolute atomic E-state index is 12.3. The van der Waals surface area contributed by atoms with Crippen molar-refractivity contribution in [1.29, 1.82) is 0 Å². The first-order valence-corrected chi connectivity index (χ1v) is 7.22. The van der Waals surface area contributed by atoms with Gasteiger partial charge in [0.25, 0.3) is 0 Å². The standard InChI is InChI=1S/C14H17ClN4O/c15-10-4-5-11-12(8-10)19(14(16)17-11)9-13(20)18-6-2-1-3-7-18/h4-5,8H,1-3,6-7,9H2,(H2,16,17). The third kappa shape index (κ3) is 2.45. The molecule has 1 aromatic heterocycles. The Bertz CT molecular complexity index is 646. The van der Waals surface area contributed by atoms with Crippen molar-refractivity contribution in [1.82, 2.24) is 14.5 Å². The number of hydrogen-bond donors (Lipinski definition) is 1. The lowest BCUT2D eigenvalue weighted by atomic mass is 10.1. The van der Waals surface area contributed by atoms with E-state index in [1.165, 1.54) is 6.42 Å². The number of nitrogens with zero attached hydrogens (tertiary/aromatic N) is 3. The molecule has 0 unspecified atom stereocenters. The second-order valence-corrected chi connectivity index (χ2v) is 5.57. The summed E-state index contributed by atoms with van der Waals surface area (Å²) in [5, 5.41) is 0.615. The minimum Gasteiger partial charge on any atom is -0.369 e. The molecule has 1 aliphatic rings. The van der Waals surface area contributed by atoms with Crippen molar-refractivity contribution in [2.75, 3.05) is 18.8 Å². The van der Waals surface area contributed by atoms with Gasteiger partial charge in [0.15, 0.2) is 0 Å². The van der Waals surface area contributed by atoms with Gasteiger partial charge in [-0.25, -0.2) is 4.98 Å². The molecular weight excluding hydrogens is 276 g/mol. The van der Waals surface area contributed by atoms with Gasteiger partial charge >= 0.3 is 0 Å². The molecule has 1 fully saturated rings. The molecule has 1 saturated heterocycles. The van der Waals surface area contributed by atoms with Gasteiger partial charge in [0.2, 0.25) is 11.9 Å². The van der Waals surface area contributed by atoms with Crippen molar-refractivity contribution in [2.45, 2.75) is 25.8 Å². The van der Waals surface area contributed by atoms with E-state index in [9.17, 15) is 4.79 Å². The third-order valence-corrected chi connectivity index (χ3v) is 3.98. The Kier molecular flexibility index (Phi) is 3.53. The summed E-state index contributed by atoms with van der Waals surface area (Å²) in [5.74, 6) is 0.448. The van der Waals surface area contributed by atoms with Crippen LogP contribution in [0.15, 0.2) is 18.2 Å². The van der Waals surface area contributed by atoms with E-state index in [-0.39, 0.29) is 12.5 Å². The molecule has 0 radical (unpaired) electrons. The van der Waals surface area contributed by atoms with Gasteiger partial charge in [0, 0.05) is 18.1 Å². The highest BCUT2D eigenvalue weighted by Crippen LogP contribution is 2.22. The van der Waals surface area contributed by atoms with Gasteiger partial charge in [-0.05, 0) is 37.5 Å². The Morgan fingerprint density at radius 1 is 1.30 bits per heavy atom. The van der Waals surface area contributed by atoms with Crippen molar-refractivity contribution >= 4 is 34.5 Å². The minimum atomic E-state index is 0.0932. The number of halogens is 1. The van der Waals surface area contributed by atoms with Crippen LogP contribution in [-0.2, 0) is 11.3 Å². The topological polar surface area (TPSA) is 64.1 Å². The maximum Gasteiger partial charge on any atom is 0.242 e. The van der Waals surface area contributed by atoms with E-state index in [2.05, 4.69) is 4.98 Å². The molecule has 0 bridgehead atoms. The van der Waals surface area contributed by atoms with Gasteiger partial charge in [0.1, 0.15) is 6.54 Å². The number of aromatic nitrogens is 2. The summed E-state index contributed by atoms with van der Waals surface area (Å²) in [6.07, 6.45) is 3.37. The number of amides is 1. The normalized spacial score (nSPS) is 15.8. The number of carbonyl (C=O) groups is 1. The van der Waals surface area contributed by atoms with Gasteiger partial charge in [-0.15, -0.1) is 0 Å². The minimum absolute atomic E-state index is 0.0932. The first kappa shape index (κ1) is 13.2. The number of fused-ring (bicyclic) bond motifs is 1. The van der Waals surface area contributed by atoms with Crippen LogP contribution in [0.2, 0.25) is 5.02 Å². The van der Waals surface area contributed by atoms with Gasteiger partial charge < -0.3 is 15.2 Å². The molecule has 1 aromatic carbocycles. The first-order chi connectivity index (χ1) is 9.65. The van der Waals surface area contributed by atoms with E-state index < -0.39 is 0 Å². The highest BCUT2D eigenvalue weighted by Gasteiger charge is 2.19. The zero-order chi connectivity index (χ0) is 14.1. The van der Waals surface area contributed by atoms with E-state index in [0.29, 0.717) is 11.0 Å². The van der Waals surface area contributed by atoms with Crippen molar-refractivity contribution < 1.29 is 4.79 Å². The van der Waals surface area contributed by atoms with Crippen LogP contribution in [-0.4, -0.2) is 33.4 Å². The van der Waals surface area contributed by atoms with Crippen LogP contribution >= 0.6 is 11.6 Å². The van der Waals surface area contributed by atoms with Crippen LogP contribution in [0, 0.1) is 0 Å². The molecular formula is C14H17ClN4O. The second-order valence-electron chi connectivity index (χ2n) is 5.13. The van der Waals surface area contributed by atoms with E-state index >= 15 is 0 Å². The highest BCUT2D eigenvalue weighted by atomic mass is 35.5. The number of likely N-dealkylation sites (tertiary alicyclic amines) is 1. The zero-order valence-corrected chi connectivity index (χ0v) is 11.9. The van der Waals surface area contributed by atoms with Crippen LogP contribution < -0.4 is 5.73 Å². The molecule has 0 saturated carbocycles. The summed E-state index contributed by atoms with van der Waals surface area (Å²) in [5.41, 5.74) is 7.49. The molecule has 2 N–H and O–H groups in total. The highest BCUT2D eigenvalue weighted by molar-refractivity contribution is 6.31. The summed E-state index contributed by atoms with van der Waals surface area (Å²) in [7, 11) is 0. The number of piperidine rings is 1. The first-order valence-electron chi connectivity index (χ1n) is 6.84. The van der Waals surface area contributed by atoms with Gasteiger partial charge in [0.05, 0.1) is 11.0 Å². The van der Waals surface area contributed by atoms with Crippen molar-refractivity contribution in [3.8, 4) is 0 Å². The fourth-order valence-electron chi connectivity index (χ4n) is 2.66. The van der Waals surface area contributed by atoms with E-state index in [1.807, 2.05) is 11.0 Å². The Morgan fingerprint density at radius 3 is 2.80 bits per heavy atom. The SMILES string of the molecule is Nc1nc2ccc(Cl)cc2n1CC(=O)N1CCCCC1. The average molecular weight is 293 g/mol. The number of anilines is 1. The predicted octanol–water partition coefficient (Wildman–Crippen LogP) is 2.28. The van der Waals surface area contributed by atoms with E-state index in [4.69, 9.17) is 17.3 Å². The molecule has 0 spiro atoms. The average Bonchev–Trinajstić information content (AvgIpc) is 2.76. The number of imidazole rings is 1. The van der Waals surface area contributed by atoms with Crippen molar-refractivity contribution in [3.63, 3.8) is 0 Å². The summed E-state index contributed by atoms with van der Waals surface area (Å²) in [6.45, 7) is 1.90. The molecule has 0 aliphatic carbocycles. The largest absolute Gasteiger partial charge is 0.369 e. The number of rotatable bonds is 2. The van der Waals surface area contributed by atoms with Gasteiger partial charge in [-0.3, -0.25) is 4.79 Å². The molecule has 5 nitrogen and oxygen atoms in total. The molecule has 20 heavy (non-hydrogen) atoms. The number of hydrogen-bond acceptors (Lipinski definition) is 3. The van der Waals surface area contributed by atoms with Crippen LogP contribution in [0.4, 0.5) is 5.95 Å². The van der Waals surface area contributed by atoms with Crippen LogP contribution in [0.25, 0.3) is 11.0 Å². The summed E-state index contributed by atoms with van der Waals surface area (Å²) < 4.78 is 1.73. The molecule has 1 aliphatic heterocycles. The fourth-order valence-corrected chi connectivity index (χ4v) is 2.83. The van der Waals surface area contributed by atoms with Crippen molar-refractivity contribution in [2.24, 2.45) is 0 Å². The number of nitrogen functional groups attached to an aromatic ring is 1.